The van der Waals surface area contributed by atoms with Crippen LogP contribution in [0.1, 0.15) is 37.7 Å². The van der Waals surface area contributed by atoms with Gasteiger partial charge in [0.1, 0.15) is 11.5 Å². The lowest BCUT2D eigenvalue weighted by atomic mass is 10.1. The van der Waals surface area contributed by atoms with Crippen LogP contribution in [0.3, 0.4) is 0 Å². The van der Waals surface area contributed by atoms with Crippen molar-refractivity contribution in [2.24, 2.45) is 0 Å². The van der Waals surface area contributed by atoms with Crippen molar-refractivity contribution in [3.05, 3.63) is 23.8 Å². The maximum Gasteiger partial charge on any atom is 0.221 e. The van der Waals surface area contributed by atoms with Crippen molar-refractivity contribution in [1.82, 2.24) is 10.6 Å². The number of carbonyl (C=O) groups is 1. The summed E-state index contributed by atoms with van der Waals surface area (Å²) in [7, 11) is 3.48. The Labute approximate surface area is 144 Å². The number of nitrogens with one attached hydrogen (secondary N) is 2. The molecule has 5 nitrogen and oxygen atoms in total. The summed E-state index contributed by atoms with van der Waals surface area (Å²) in [6, 6.07) is 5.77. The van der Waals surface area contributed by atoms with Crippen molar-refractivity contribution >= 4 is 18.3 Å². The van der Waals surface area contributed by atoms with Crippen LogP contribution in [0.2, 0.25) is 0 Å². The van der Waals surface area contributed by atoms with Crippen molar-refractivity contribution in [2.75, 3.05) is 20.7 Å². The quantitative estimate of drug-likeness (QED) is 0.762. The van der Waals surface area contributed by atoms with Gasteiger partial charge in [-0.3, -0.25) is 4.79 Å². The zero-order chi connectivity index (χ0) is 15.8. The van der Waals surface area contributed by atoms with Gasteiger partial charge < -0.3 is 20.1 Å². The van der Waals surface area contributed by atoms with E-state index in [4.69, 9.17) is 9.47 Å². The van der Waals surface area contributed by atoms with Gasteiger partial charge in [-0.1, -0.05) is 0 Å². The van der Waals surface area contributed by atoms with E-state index in [1.54, 1.807) is 7.11 Å². The van der Waals surface area contributed by atoms with E-state index < -0.39 is 0 Å². The smallest absolute Gasteiger partial charge is 0.221 e. The van der Waals surface area contributed by atoms with Crippen molar-refractivity contribution in [3.8, 4) is 11.5 Å². The van der Waals surface area contributed by atoms with Crippen LogP contribution in [0.15, 0.2) is 18.2 Å². The standard InChI is InChI=1S/C17H26N2O3.ClH/c1-18-10-9-17(20)19-12-13-7-8-15(21-2)11-16(13)22-14-5-3-4-6-14;/h7-8,11,14,18H,3-6,9-10,12H2,1-2H3,(H,19,20);1H. The van der Waals surface area contributed by atoms with Crippen LogP contribution in [0.5, 0.6) is 11.5 Å². The first kappa shape index (κ1) is 19.6. The zero-order valence-corrected chi connectivity index (χ0v) is 14.7. The molecule has 23 heavy (non-hydrogen) atoms. The highest BCUT2D eigenvalue weighted by molar-refractivity contribution is 5.85. The monoisotopic (exact) mass is 342 g/mol. The SMILES string of the molecule is CNCCC(=O)NCc1ccc(OC)cc1OC1CCCC1.Cl. The molecule has 1 aromatic carbocycles. The number of amides is 1. The lowest BCUT2D eigenvalue weighted by Gasteiger charge is -2.18. The minimum Gasteiger partial charge on any atom is -0.497 e. The molecule has 0 bridgehead atoms. The second kappa shape index (κ2) is 10.3. The topological polar surface area (TPSA) is 59.6 Å². The number of carbonyl (C=O) groups excluding carboxylic acids is 1. The first-order valence-electron chi connectivity index (χ1n) is 7.98. The lowest BCUT2D eigenvalue weighted by Crippen LogP contribution is -2.26. The molecule has 1 aliphatic carbocycles. The van der Waals surface area contributed by atoms with Gasteiger partial charge in [0.05, 0.1) is 13.2 Å². The van der Waals surface area contributed by atoms with E-state index in [1.165, 1.54) is 12.8 Å². The Balaban J connectivity index is 0.00000264. The Morgan fingerprint density at radius 3 is 2.70 bits per heavy atom. The first-order chi connectivity index (χ1) is 10.7. The molecule has 0 aliphatic heterocycles. The van der Waals surface area contributed by atoms with Gasteiger partial charge in [-0.25, -0.2) is 0 Å². The second-order valence-electron chi connectivity index (χ2n) is 5.63. The summed E-state index contributed by atoms with van der Waals surface area (Å²) < 4.78 is 11.4. The molecular weight excluding hydrogens is 316 g/mol. The summed E-state index contributed by atoms with van der Waals surface area (Å²) in [6.45, 7) is 1.16. The number of ether oxygens (including phenoxy) is 2. The van der Waals surface area contributed by atoms with E-state index in [2.05, 4.69) is 10.6 Å². The summed E-state index contributed by atoms with van der Waals surface area (Å²) in [6.07, 6.45) is 5.42. The van der Waals surface area contributed by atoms with Gasteiger partial charge in [0.15, 0.2) is 0 Å². The normalized spacial score (nSPS) is 14.2. The highest BCUT2D eigenvalue weighted by Crippen LogP contribution is 2.29. The number of benzene rings is 1. The van der Waals surface area contributed by atoms with Crippen LogP contribution in [0, 0.1) is 0 Å². The average Bonchev–Trinajstić information content (AvgIpc) is 3.04. The van der Waals surface area contributed by atoms with Crippen molar-refractivity contribution < 1.29 is 14.3 Å². The third-order valence-corrected chi connectivity index (χ3v) is 3.95. The summed E-state index contributed by atoms with van der Waals surface area (Å²) in [5.74, 6) is 1.63. The molecule has 1 saturated carbocycles. The van der Waals surface area contributed by atoms with Gasteiger partial charge in [-0.15, -0.1) is 12.4 Å². The maximum atomic E-state index is 11.7. The Morgan fingerprint density at radius 1 is 1.30 bits per heavy atom. The third-order valence-electron chi connectivity index (χ3n) is 3.95. The van der Waals surface area contributed by atoms with E-state index in [0.29, 0.717) is 19.5 Å². The minimum atomic E-state index is 0. The van der Waals surface area contributed by atoms with Gasteiger partial charge in [0.2, 0.25) is 5.91 Å². The summed E-state index contributed by atoms with van der Waals surface area (Å²) in [4.78, 5) is 11.7. The molecule has 1 aliphatic rings. The molecule has 0 atom stereocenters. The van der Waals surface area contributed by atoms with Crippen molar-refractivity contribution in [3.63, 3.8) is 0 Å². The predicted molar refractivity (Wildman–Crippen MR) is 93.5 cm³/mol. The molecule has 1 aromatic rings. The Bertz CT molecular complexity index is 491. The molecule has 2 N–H and O–H groups in total. The van der Waals surface area contributed by atoms with E-state index in [-0.39, 0.29) is 24.4 Å². The number of methoxy groups -OCH3 is 1. The van der Waals surface area contributed by atoms with Gasteiger partial charge in [0.25, 0.3) is 0 Å². The molecule has 0 heterocycles. The zero-order valence-electron chi connectivity index (χ0n) is 13.9. The van der Waals surface area contributed by atoms with Crippen LogP contribution in [0.4, 0.5) is 0 Å². The number of hydrogen-bond donors (Lipinski definition) is 2. The molecule has 130 valence electrons. The van der Waals surface area contributed by atoms with E-state index in [0.717, 1.165) is 29.9 Å². The third kappa shape index (κ3) is 6.28. The van der Waals surface area contributed by atoms with Crippen LogP contribution in [0.25, 0.3) is 0 Å². The number of rotatable bonds is 8. The number of halogens is 1. The molecule has 1 amide bonds. The molecule has 0 radical (unpaired) electrons. The van der Waals surface area contributed by atoms with Gasteiger partial charge in [-0.2, -0.15) is 0 Å². The highest BCUT2D eigenvalue weighted by Gasteiger charge is 2.18. The van der Waals surface area contributed by atoms with E-state index >= 15 is 0 Å². The summed E-state index contributed by atoms with van der Waals surface area (Å²) in [5.41, 5.74) is 0.991. The summed E-state index contributed by atoms with van der Waals surface area (Å²) in [5, 5.41) is 5.91. The average molecular weight is 343 g/mol. The fourth-order valence-corrected chi connectivity index (χ4v) is 2.62. The Kier molecular flexibility index (Phi) is 8.81. The largest absolute Gasteiger partial charge is 0.497 e. The minimum absolute atomic E-state index is 0. The molecule has 6 heteroatoms. The van der Waals surface area contributed by atoms with Crippen molar-refractivity contribution in [1.29, 1.82) is 0 Å². The molecule has 0 unspecified atom stereocenters. The maximum absolute atomic E-state index is 11.7. The van der Waals surface area contributed by atoms with E-state index in [1.807, 2.05) is 25.2 Å². The fourth-order valence-electron chi connectivity index (χ4n) is 2.62. The first-order valence-corrected chi connectivity index (χ1v) is 7.98. The fraction of sp³-hybridized carbons (Fsp3) is 0.588. The second-order valence-corrected chi connectivity index (χ2v) is 5.63. The van der Waals surface area contributed by atoms with Gasteiger partial charge in [-0.05, 0) is 44.9 Å². The van der Waals surface area contributed by atoms with Crippen LogP contribution >= 0.6 is 12.4 Å². The molecule has 0 spiro atoms. The summed E-state index contributed by atoms with van der Waals surface area (Å²) >= 11 is 0. The predicted octanol–water partition coefficient (Wildman–Crippen LogP) is 2.66. The van der Waals surface area contributed by atoms with Crippen LogP contribution < -0.4 is 20.1 Å². The van der Waals surface area contributed by atoms with Crippen LogP contribution in [-0.4, -0.2) is 32.7 Å². The van der Waals surface area contributed by atoms with Gasteiger partial charge >= 0.3 is 0 Å². The number of hydrogen-bond acceptors (Lipinski definition) is 4. The molecule has 0 saturated heterocycles. The van der Waals surface area contributed by atoms with Crippen LogP contribution in [-0.2, 0) is 11.3 Å². The highest BCUT2D eigenvalue weighted by atomic mass is 35.5. The molecule has 0 aromatic heterocycles. The Morgan fingerprint density at radius 2 is 2.04 bits per heavy atom. The van der Waals surface area contributed by atoms with Crippen molar-refractivity contribution in [2.45, 2.75) is 44.8 Å². The van der Waals surface area contributed by atoms with E-state index in [9.17, 15) is 4.79 Å². The Hall–Kier alpha value is -1.46. The van der Waals surface area contributed by atoms with Gasteiger partial charge in [0, 0.05) is 31.1 Å². The lowest BCUT2D eigenvalue weighted by molar-refractivity contribution is -0.121. The molecule has 2 rings (SSSR count). The molecule has 1 fully saturated rings. The molecular formula is C17H27ClN2O3.